The summed E-state index contributed by atoms with van der Waals surface area (Å²) in [4.78, 5) is 1.27. The summed E-state index contributed by atoms with van der Waals surface area (Å²) in [6.45, 7) is 4.12. The molecule has 2 N–H and O–H groups in total. The Kier molecular flexibility index (Phi) is 7.94. The quantitative estimate of drug-likeness (QED) is 0.179. The van der Waals surface area contributed by atoms with E-state index in [4.69, 9.17) is 47.2 Å². The van der Waals surface area contributed by atoms with E-state index >= 15 is 0 Å². The van der Waals surface area contributed by atoms with Crippen molar-refractivity contribution in [3.63, 3.8) is 0 Å². The summed E-state index contributed by atoms with van der Waals surface area (Å²) >= 11 is 16.6. The SMILES string of the molecule is COc1ccc2c(-c3cccc(-c4oc5cc(C)ccc5c4Cl)c3N)c(Cl)sc2c1.COc1ccc2c(c1)sc1c2c2cccc3c4oc5cc(C)ccc5c4n1c32. The molecule has 0 unspecified atom stereocenters. The standard InChI is InChI=1S/C24H17Cl2NO2S.C24H15NO2S/c1-12-6-8-14-18(10-12)29-23(21(14)25)17-5-3-4-16(22(17)27)20-15-9-7-13(28-2)11-19(15)30-24(20)26;1-12-6-8-14-18(10-12)27-23-17-5-3-4-16-20-15-9-7-13(26-2)11-19(15)28-24(20)25(21(16)17)22(14)23/h3-11H,27H2,1-2H3;3-11H,1-2H3. The number of halogens is 2. The second-order valence-corrected chi connectivity index (χ2v) is 17.6. The number of para-hydroxylation sites is 2. The largest absolute Gasteiger partial charge is 0.497 e. The van der Waals surface area contributed by atoms with Gasteiger partial charge in [0.05, 0.1) is 30.4 Å². The number of methoxy groups -OCH3 is 2. The number of ether oxygens (including phenoxy) is 2. The Balaban J connectivity index is 0.000000133. The maximum atomic E-state index is 6.67. The van der Waals surface area contributed by atoms with E-state index in [0.717, 1.165) is 66.0 Å². The highest BCUT2D eigenvalue weighted by Gasteiger charge is 2.25. The van der Waals surface area contributed by atoms with E-state index < -0.39 is 0 Å². The molecule has 6 aromatic carbocycles. The van der Waals surface area contributed by atoms with Gasteiger partial charge in [-0.05, 0) is 97.8 Å². The smallest absolute Gasteiger partial charge is 0.161 e. The number of aromatic nitrogens is 1. The van der Waals surface area contributed by atoms with E-state index in [1.165, 1.54) is 64.4 Å². The molecule has 0 saturated heterocycles. The fourth-order valence-corrected chi connectivity index (χ4v) is 11.4. The molecule has 0 bridgehead atoms. The zero-order valence-corrected chi connectivity index (χ0v) is 34.8. The molecular weight excluding hydrogens is 804 g/mol. The number of nitrogens with zero attached hydrogens (tertiary/aromatic N) is 1. The number of furan rings is 2. The Morgan fingerprint density at radius 3 is 1.97 bits per heavy atom. The lowest BCUT2D eigenvalue weighted by atomic mass is 9.98. The van der Waals surface area contributed by atoms with Crippen molar-refractivity contribution in [1.82, 2.24) is 4.40 Å². The van der Waals surface area contributed by atoms with Crippen LogP contribution in [0.4, 0.5) is 5.69 Å². The van der Waals surface area contributed by atoms with Crippen LogP contribution in [0.1, 0.15) is 11.1 Å². The molecule has 12 aromatic rings. The molecule has 0 aliphatic heterocycles. The highest BCUT2D eigenvalue weighted by Crippen LogP contribution is 2.50. The Bertz CT molecular complexity index is 3630. The fourth-order valence-electron chi connectivity index (χ4n) is 8.44. The van der Waals surface area contributed by atoms with Crippen molar-refractivity contribution in [1.29, 1.82) is 0 Å². The monoisotopic (exact) mass is 834 g/mol. The molecule has 0 aliphatic carbocycles. The molecule has 6 heterocycles. The summed E-state index contributed by atoms with van der Waals surface area (Å²) < 4.78 is 28.6. The third kappa shape index (κ3) is 5.09. The van der Waals surface area contributed by atoms with E-state index in [0.29, 0.717) is 20.8 Å². The van der Waals surface area contributed by atoms with E-state index in [9.17, 15) is 0 Å². The molecule has 12 rings (SSSR count). The number of nitrogens with two attached hydrogens (primary N) is 1. The van der Waals surface area contributed by atoms with Crippen molar-refractivity contribution in [2.24, 2.45) is 0 Å². The van der Waals surface area contributed by atoms with Crippen molar-refractivity contribution < 1.29 is 18.3 Å². The number of hydrogen-bond donors (Lipinski definition) is 1. The normalized spacial score (nSPS) is 12.0. The van der Waals surface area contributed by atoms with E-state index in [-0.39, 0.29) is 0 Å². The summed E-state index contributed by atoms with van der Waals surface area (Å²) in [7, 11) is 3.37. The zero-order valence-electron chi connectivity index (χ0n) is 31.6. The number of anilines is 1. The van der Waals surface area contributed by atoms with Gasteiger partial charge in [0.1, 0.15) is 37.3 Å². The number of rotatable bonds is 4. The average Bonchev–Trinajstić information content (AvgIpc) is 4.06. The van der Waals surface area contributed by atoms with Crippen LogP contribution in [0.3, 0.4) is 0 Å². The summed E-state index contributed by atoms with van der Waals surface area (Å²) in [5.74, 6) is 2.25. The fraction of sp³-hybridized carbons (Fsp3) is 0.0833. The lowest BCUT2D eigenvalue weighted by Gasteiger charge is -2.10. The van der Waals surface area contributed by atoms with Gasteiger partial charge in [0.15, 0.2) is 11.3 Å². The van der Waals surface area contributed by atoms with Crippen LogP contribution < -0.4 is 15.2 Å². The van der Waals surface area contributed by atoms with Gasteiger partial charge in [-0.15, -0.1) is 22.7 Å². The van der Waals surface area contributed by atoms with E-state index in [1.807, 2.05) is 72.9 Å². The highest BCUT2D eigenvalue weighted by atomic mass is 35.5. The number of benzene rings is 6. The summed E-state index contributed by atoms with van der Waals surface area (Å²) in [6.07, 6.45) is 0. The van der Waals surface area contributed by atoms with Gasteiger partial charge in [0.25, 0.3) is 0 Å². The van der Waals surface area contributed by atoms with Crippen molar-refractivity contribution >= 4 is 131 Å². The predicted molar refractivity (Wildman–Crippen MR) is 246 cm³/mol. The predicted octanol–water partition coefficient (Wildman–Crippen LogP) is 15.3. The number of fused-ring (bicyclic) bond motifs is 12. The molecule has 0 fully saturated rings. The molecule has 0 radical (unpaired) electrons. The summed E-state index contributed by atoms with van der Waals surface area (Å²) in [5.41, 5.74) is 17.2. The van der Waals surface area contributed by atoms with Gasteiger partial charge in [0.2, 0.25) is 0 Å². The van der Waals surface area contributed by atoms with Crippen LogP contribution in [0.5, 0.6) is 11.5 Å². The van der Waals surface area contributed by atoms with Gasteiger partial charge in [-0.3, -0.25) is 4.40 Å². The molecule has 0 saturated carbocycles. The number of aryl methyl sites for hydroxylation is 2. The molecule has 0 aliphatic rings. The van der Waals surface area contributed by atoms with Crippen LogP contribution in [-0.4, -0.2) is 18.6 Å². The minimum Gasteiger partial charge on any atom is -0.497 e. The molecule has 284 valence electrons. The molecular formula is C48H32Cl2N2O4S2. The van der Waals surface area contributed by atoms with Gasteiger partial charge in [-0.25, -0.2) is 0 Å². The van der Waals surface area contributed by atoms with Gasteiger partial charge < -0.3 is 24.0 Å². The first-order chi connectivity index (χ1) is 28.2. The van der Waals surface area contributed by atoms with Crippen LogP contribution in [0.15, 0.2) is 118 Å². The van der Waals surface area contributed by atoms with Crippen molar-refractivity contribution in [3.8, 4) is 33.9 Å². The lowest BCUT2D eigenvalue weighted by Crippen LogP contribution is -1.94. The third-order valence-corrected chi connectivity index (χ3v) is 14.0. The lowest BCUT2D eigenvalue weighted by molar-refractivity contribution is 0.415. The highest BCUT2D eigenvalue weighted by molar-refractivity contribution is 7.26. The van der Waals surface area contributed by atoms with Gasteiger partial charge >= 0.3 is 0 Å². The van der Waals surface area contributed by atoms with Crippen LogP contribution >= 0.6 is 45.9 Å². The Hall–Kier alpha value is -5.90. The summed E-state index contributed by atoms with van der Waals surface area (Å²) in [5, 5.41) is 8.71. The van der Waals surface area contributed by atoms with Crippen LogP contribution in [-0.2, 0) is 0 Å². The second kappa shape index (κ2) is 13.1. The first kappa shape index (κ1) is 35.3. The number of thiophene rings is 2. The zero-order chi connectivity index (χ0) is 39.6. The molecule has 6 aromatic heterocycles. The van der Waals surface area contributed by atoms with Crippen LogP contribution in [0.25, 0.3) is 102 Å². The van der Waals surface area contributed by atoms with Crippen LogP contribution in [0, 0.1) is 13.8 Å². The van der Waals surface area contributed by atoms with Gasteiger partial charge in [-0.1, -0.05) is 59.6 Å². The third-order valence-electron chi connectivity index (χ3n) is 11.2. The molecule has 58 heavy (non-hydrogen) atoms. The van der Waals surface area contributed by atoms with Crippen molar-refractivity contribution in [2.45, 2.75) is 13.8 Å². The molecule has 0 amide bonds. The minimum absolute atomic E-state index is 0.555. The van der Waals surface area contributed by atoms with Crippen molar-refractivity contribution in [3.05, 3.63) is 130 Å². The number of nitrogen functional groups attached to an aromatic ring is 1. The first-order valence-corrected chi connectivity index (χ1v) is 21.0. The van der Waals surface area contributed by atoms with E-state index in [2.05, 4.69) is 65.9 Å². The number of hydrogen-bond acceptors (Lipinski definition) is 7. The molecule has 0 atom stereocenters. The first-order valence-electron chi connectivity index (χ1n) is 18.6. The Morgan fingerprint density at radius 1 is 0.603 bits per heavy atom. The Morgan fingerprint density at radius 2 is 1.22 bits per heavy atom. The van der Waals surface area contributed by atoms with Gasteiger partial charge in [0, 0.05) is 63.8 Å². The summed E-state index contributed by atoms with van der Waals surface area (Å²) in [6, 6.07) is 37.1. The second-order valence-electron chi connectivity index (χ2n) is 14.6. The van der Waals surface area contributed by atoms with Gasteiger partial charge in [-0.2, -0.15) is 0 Å². The maximum absolute atomic E-state index is 6.67. The Labute approximate surface area is 349 Å². The average molecular weight is 836 g/mol. The topological polar surface area (TPSA) is 75.2 Å². The maximum Gasteiger partial charge on any atom is 0.161 e. The van der Waals surface area contributed by atoms with Crippen LogP contribution in [0.2, 0.25) is 9.36 Å². The van der Waals surface area contributed by atoms with Crippen molar-refractivity contribution in [2.75, 3.05) is 20.0 Å². The minimum atomic E-state index is 0.555. The van der Waals surface area contributed by atoms with E-state index in [1.54, 1.807) is 14.2 Å². The molecule has 10 heteroatoms. The molecule has 6 nitrogen and oxygen atoms in total. The molecule has 0 spiro atoms.